The molecule has 5 aromatic rings. The van der Waals surface area contributed by atoms with E-state index in [1.54, 1.807) is 6.20 Å². The van der Waals surface area contributed by atoms with Crippen molar-refractivity contribution in [2.24, 2.45) is 0 Å². The Kier molecular flexibility index (Phi) is 5.62. The highest BCUT2D eigenvalue weighted by molar-refractivity contribution is 5.83. The first-order valence-electron chi connectivity index (χ1n) is 10.4. The predicted octanol–water partition coefficient (Wildman–Crippen LogP) is 6.21. The molecule has 5 rings (SSSR count). The second-order valence-corrected chi connectivity index (χ2v) is 7.39. The average molecular weight is 419 g/mol. The molecule has 0 aliphatic carbocycles. The summed E-state index contributed by atoms with van der Waals surface area (Å²) in [6, 6.07) is 24.2. The fourth-order valence-corrected chi connectivity index (χ4v) is 3.47. The molecule has 0 saturated heterocycles. The first kappa shape index (κ1) is 19.6. The van der Waals surface area contributed by atoms with E-state index in [0.29, 0.717) is 12.5 Å². The van der Waals surface area contributed by atoms with Crippen molar-refractivity contribution in [1.29, 1.82) is 0 Å². The van der Waals surface area contributed by atoms with Gasteiger partial charge < -0.3 is 9.72 Å². The van der Waals surface area contributed by atoms with Crippen molar-refractivity contribution in [3.8, 4) is 5.88 Å². The molecule has 0 aliphatic heterocycles. The number of nitrogens with one attached hydrogen (secondary N) is 2. The van der Waals surface area contributed by atoms with Crippen LogP contribution in [0.3, 0.4) is 0 Å². The number of aromatic nitrogens is 4. The molecule has 0 spiro atoms. The molecule has 2 aromatic carbocycles. The van der Waals surface area contributed by atoms with Gasteiger partial charge in [0, 0.05) is 24.0 Å². The van der Waals surface area contributed by atoms with Gasteiger partial charge >= 0.3 is 0 Å². The van der Waals surface area contributed by atoms with Gasteiger partial charge in [0.05, 0.1) is 11.4 Å². The number of hydrogen-bond donors (Lipinski definition) is 2. The van der Waals surface area contributed by atoms with Crippen LogP contribution < -0.4 is 4.74 Å². The lowest BCUT2D eigenvalue weighted by Gasteiger charge is -2.07. The molecule has 3 heterocycles. The standard InChI is InChI=1S/C27H22N4O/c1-2-6-23(19-32-27-7-3-4-15-29-27)21(5-1)11-13-25-18-24(30-31-25)12-9-20-8-10-22-14-16-28-26(22)17-20/h1-18,28H,19H2,(H,30,31)/b12-9+,13-11+. The summed E-state index contributed by atoms with van der Waals surface area (Å²) < 4.78 is 5.81. The molecular weight excluding hydrogens is 396 g/mol. The topological polar surface area (TPSA) is 66.6 Å². The molecule has 0 saturated carbocycles. The van der Waals surface area contributed by atoms with Gasteiger partial charge in [-0.25, -0.2) is 4.98 Å². The van der Waals surface area contributed by atoms with Gasteiger partial charge in [0.2, 0.25) is 5.88 Å². The van der Waals surface area contributed by atoms with Crippen LogP contribution in [0.25, 0.3) is 35.2 Å². The van der Waals surface area contributed by atoms with Crippen molar-refractivity contribution < 1.29 is 4.74 Å². The molecule has 0 atom stereocenters. The van der Waals surface area contributed by atoms with E-state index in [1.807, 2.05) is 54.7 Å². The third-order valence-electron chi connectivity index (χ3n) is 5.15. The van der Waals surface area contributed by atoms with Gasteiger partial charge in [0.15, 0.2) is 0 Å². The second-order valence-electron chi connectivity index (χ2n) is 7.39. The van der Waals surface area contributed by atoms with Gasteiger partial charge in [0.25, 0.3) is 0 Å². The molecule has 5 nitrogen and oxygen atoms in total. The zero-order valence-corrected chi connectivity index (χ0v) is 17.4. The predicted molar refractivity (Wildman–Crippen MR) is 130 cm³/mol. The average Bonchev–Trinajstić information content (AvgIpc) is 3.50. The molecule has 2 N–H and O–H groups in total. The molecule has 0 unspecified atom stereocenters. The number of hydrogen-bond acceptors (Lipinski definition) is 3. The number of H-pyrrole nitrogens is 2. The van der Waals surface area contributed by atoms with Gasteiger partial charge in [-0.3, -0.25) is 5.10 Å². The van der Waals surface area contributed by atoms with Crippen LogP contribution in [-0.4, -0.2) is 20.2 Å². The lowest BCUT2D eigenvalue weighted by Crippen LogP contribution is -1.98. The fraction of sp³-hybridized carbons (Fsp3) is 0.0370. The van der Waals surface area contributed by atoms with E-state index in [1.165, 1.54) is 5.39 Å². The Morgan fingerprint density at radius 1 is 0.844 bits per heavy atom. The summed E-state index contributed by atoms with van der Waals surface area (Å²) in [5.41, 5.74) is 6.25. The molecule has 0 bridgehead atoms. The van der Waals surface area contributed by atoms with Crippen LogP contribution in [0.2, 0.25) is 0 Å². The Morgan fingerprint density at radius 2 is 1.78 bits per heavy atom. The maximum atomic E-state index is 5.81. The van der Waals surface area contributed by atoms with Crippen LogP contribution in [0.4, 0.5) is 0 Å². The van der Waals surface area contributed by atoms with Crippen molar-refractivity contribution in [2.45, 2.75) is 6.61 Å². The van der Waals surface area contributed by atoms with E-state index >= 15 is 0 Å². The van der Waals surface area contributed by atoms with Crippen LogP contribution >= 0.6 is 0 Å². The lowest BCUT2D eigenvalue weighted by molar-refractivity contribution is 0.293. The summed E-state index contributed by atoms with van der Waals surface area (Å²) in [5, 5.41) is 8.68. The Labute approximate surface area is 186 Å². The normalized spacial score (nSPS) is 11.6. The third-order valence-corrected chi connectivity index (χ3v) is 5.15. The van der Waals surface area contributed by atoms with E-state index < -0.39 is 0 Å². The largest absolute Gasteiger partial charge is 0.473 e. The van der Waals surface area contributed by atoms with Crippen LogP contribution in [0.5, 0.6) is 5.88 Å². The van der Waals surface area contributed by atoms with Crippen molar-refractivity contribution in [3.63, 3.8) is 0 Å². The number of rotatable bonds is 7. The molecule has 156 valence electrons. The van der Waals surface area contributed by atoms with Gasteiger partial charge in [-0.15, -0.1) is 0 Å². The van der Waals surface area contributed by atoms with Crippen molar-refractivity contribution in [1.82, 2.24) is 20.2 Å². The number of ether oxygens (including phenoxy) is 1. The zero-order chi connectivity index (χ0) is 21.6. The number of fused-ring (bicyclic) bond motifs is 1. The van der Waals surface area contributed by atoms with Crippen molar-refractivity contribution >= 4 is 35.2 Å². The summed E-state index contributed by atoms with van der Waals surface area (Å²) in [6.45, 7) is 0.458. The van der Waals surface area contributed by atoms with Crippen LogP contribution in [-0.2, 0) is 6.61 Å². The Balaban J connectivity index is 1.26. The Morgan fingerprint density at radius 3 is 2.72 bits per heavy atom. The third kappa shape index (κ3) is 4.68. The van der Waals surface area contributed by atoms with Gasteiger partial charge in [-0.1, -0.05) is 54.6 Å². The van der Waals surface area contributed by atoms with Crippen LogP contribution in [0, 0.1) is 0 Å². The first-order chi connectivity index (χ1) is 15.8. The summed E-state index contributed by atoms with van der Waals surface area (Å²) in [4.78, 5) is 7.45. The lowest BCUT2D eigenvalue weighted by atomic mass is 10.1. The SMILES string of the molecule is C(=C\c1cc(/C=C/c2ccccc2COc2ccccn2)[nH]n1)/c1ccc2cc[nH]c2c1. The molecular formula is C27H22N4O. The monoisotopic (exact) mass is 418 g/mol. The quantitative estimate of drug-likeness (QED) is 0.330. The fourth-order valence-electron chi connectivity index (χ4n) is 3.47. The number of pyridine rings is 1. The van der Waals surface area contributed by atoms with E-state index in [0.717, 1.165) is 33.6 Å². The van der Waals surface area contributed by atoms with Crippen LogP contribution in [0.1, 0.15) is 28.1 Å². The minimum absolute atomic E-state index is 0.458. The number of nitrogens with zero attached hydrogens (tertiary/aromatic N) is 2. The van der Waals surface area contributed by atoms with Gasteiger partial charge in [-0.2, -0.15) is 5.10 Å². The van der Waals surface area contributed by atoms with E-state index in [4.69, 9.17) is 4.74 Å². The minimum atomic E-state index is 0.458. The number of benzene rings is 2. The first-order valence-corrected chi connectivity index (χ1v) is 10.4. The molecule has 0 aliphatic rings. The molecule has 32 heavy (non-hydrogen) atoms. The van der Waals surface area contributed by atoms with Crippen molar-refractivity contribution in [2.75, 3.05) is 0 Å². The van der Waals surface area contributed by atoms with Gasteiger partial charge in [0.1, 0.15) is 6.61 Å². The highest BCUT2D eigenvalue weighted by atomic mass is 16.5. The highest BCUT2D eigenvalue weighted by Crippen LogP contribution is 2.18. The summed E-state index contributed by atoms with van der Waals surface area (Å²) in [5.74, 6) is 0.617. The van der Waals surface area contributed by atoms with Crippen LogP contribution in [0.15, 0.2) is 85.2 Å². The van der Waals surface area contributed by atoms with E-state index in [-0.39, 0.29) is 0 Å². The summed E-state index contributed by atoms with van der Waals surface area (Å²) in [7, 11) is 0. The zero-order valence-electron chi connectivity index (χ0n) is 17.4. The number of aromatic amines is 2. The Hall–Kier alpha value is -4.38. The van der Waals surface area contributed by atoms with Gasteiger partial charge in [-0.05, 0) is 58.5 Å². The maximum Gasteiger partial charge on any atom is 0.213 e. The van der Waals surface area contributed by atoms with E-state index in [9.17, 15) is 0 Å². The summed E-state index contributed by atoms with van der Waals surface area (Å²) in [6.07, 6.45) is 11.8. The maximum absolute atomic E-state index is 5.81. The molecule has 0 fully saturated rings. The smallest absolute Gasteiger partial charge is 0.213 e. The molecule has 5 heteroatoms. The summed E-state index contributed by atoms with van der Waals surface area (Å²) >= 11 is 0. The van der Waals surface area contributed by atoms with E-state index in [2.05, 4.69) is 68.7 Å². The minimum Gasteiger partial charge on any atom is -0.473 e. The second kappa shape index (κ2) is 9.18. The highest BCUT2D eigenvalue weighted by Gasteiger charge is 2.02. The van der Waals surface area contributed by atoms with Crippen molar-refractivity contribution in [3.05, 3.63) is 113 Å². The Bertz CT molecular complexity index is 1380. The molecule has 0 amide bonds. The molecule has 0 radical (unpaired) electrons. The molecule has 3 aromatic heterocycles.